The van der Waals surface area contributed by atoms with E-state index in [-0.39, 0.29) is 23.2 Å². The minimum absolute atomic E-state index is 0.0716. The highest BCUT2D eigenvalue weighted by Gasteiger charge is 2.15. The van der Waals surface area contributed by atoms with Crippen molar-refractivity contribution in [3.05, 3.63) is 30.3 Å². The first-order valence-electron chi connectivity index (χ1n) is 5.21. The van der Waals surface area contributed by atoms with E-state index in [9.17, 15) is 4.79 Å². The van der Waals surface area contributed by atoms with Crippen LogP contribution in [-0.2, 0) is 0 Å². The fraction of sp³-hybridized carbons (Fsp3) is 0.0909. The highest BCUT2D eigenvalue weighted by Crippen LogP contribution is 2.30. The van der Waals surface area contributed by atoms with Crippen LogP contribution in [0.3, 0.4) is 0 Å². The molecule has 0 atom stereocenters. The predicted molar refractivity (Wildman–Crippen MR) is 68.0 cm³/mol. The summed E-state index contributed by atoms with van der Waals surface area (Å²) in [5.41, 5.74) is 12.2. The molecule has 0 unspecified atom stereocenters. The van der Waals surface area contributed by atoms with Gasteiger partial charge in [0.05, 0.1) is 5.69 Å². The summed E-state index contributed by atoms with van der Waals surface area (Å²) in [6.45, 7) is 1.33. The second kappa shape index (κ2) is 4.66. The highest BCUT2D eigenvalue weighted by molar-refractivity contribution is 5.85. The molecule has 0 fully saturated rings. The van der Waals surface area contributed by atoms with Crippen LogP contribution >= 0.6 is 0 Å². The molecule has 0 amide bonds. The Bertz CT molecular complexity index is 601. The smallest absolute Gasteiger partial charge is 0.245 e. The largest absolute Gasteiger partial charge is 0.382 e. The van der Waals surface area contributed by atoms with E-state index in [0.29, 0.717) is 5.69 Å². The molecule has 0 saturated carbocycles. The van der Waals surface area contributed by atoms with Gasteiger partial charge in [0.2, 0.25) is 5.91 Å². The molecule has 0 aliphatic carbocycles. The van der Waals surface area contributed by atoms with Crippen molar-refractivity contribution < 1.29 is 4.79 Å². The van der Waals surface area contributed by atoms with Crippen LogP contribution in [-0.4, -0.2) is 15.7 Å². The van der Waals surface area contributed by atoms with Crippen molar-refractivity contribution >= 4 is 28.9 Å². The topological polar surface area (TPSA) is 112 Å². The van der Waals surface area contributed by atoms with Gasteiger partial charge in [-0.3, -0.25) is 4.79 Å². The summed E-state index contributed by atoms with van der Waals surface area (Å²) in [7, 11) is 0. The van der Waals surface area contributed by atoms with Gasteiger partial charge in [-0.1, -0.05) is 18.2 Å². The van der Waals surface area contributed by atoms with Crippen LogP contribution in [0.15, 0.2) is 40.6 Å². The number of hydrogen-bond donors (Lipinski definition) is 2. The Balaban J connectivity index is 2.35. The lowest BCUT2D eigenvalue weighted by atomic mass is 10.3. The predicted octanol–water partition coefficient (Wildman–Crippen LogP) is 2.12. The number of carbonyl (C=O) groups excluding carboxylic acids is 1. The summed E-state index contributed by atoms with van der Waals surface area (Å²) in [6, 6.07) is 9.10. The summed E-state index contributed by atoms with van der Waals surface area (Å²) in [5, 5.41) is 11.7. The molecular formula is C11H12N6O. The molecule has 2 rings (SSSR count). The molecule has 0 aliphatic rings. The Morgan fingerprint density at radius 3 is 2.44 bits per heavy atom. The maximum absolute atomic E-state index is 11.2. The van der Waals surface area contributed by atoms with Crippen LogP contribution in [0.5, 0.6) is 0 Å². The van der Waals surface area contributed by atoms with Crippen LogP contribution < -0.4 is 11.5 Å². The first-order chi connectivity index (χ1) is 8.59. The third-order valence-electron chi connectivity index (χ3n) is 2.24. The van der Waals surface area contributed by atoms with Crippen molar-refractivity contribution in [2.75, 3.05) is 11.5 Å². The monoisotopic (exact) mass is 244 g/mol. The normalized spacial score (nSPS) is 10.9. The third-order valence-corrected chi connectivity index (χ3v) is 2.24. The Labute approximate surface area is 103 Å². The number of rotatable bonds is 2. The van der Waals surface area contributed by atoms with Gasteiger partial charge < -0.3 is 11.5 Å². The molecule has 1 aromatic carbocycles. The van der Waals surface area contributed by atoms with Gasteiger partial charge in [0, 0.05) is 6.92 Å². The summed E-state index contributed by atoms with van der Waals surface area (Å²) in [5.74, 6) is -0.178. The van der Waals surface area contributed by atoms with E-state index < -0.39 is 0 Å². The average molecular weight is 244 g/mol. The van der Waals surface area contributed by atoms with Gasteiger partial charge in [-0.05, 0) is 12.1 Å². The fourth-order valence-electron chi connectivity index (χ4n) is 1.39. The van der Waals surface area contributed by atoms with E-state index in [1.807, 2.05) is 18.2 Å². The van der Waals surface area contributed by atoms with E-state index in [1.165, 1.54) is 6.92 Å². The average Bonchev–Trinajstić information content (AvgIpc) is 2.64. The zero-order valence-corrected chi connectivity index (χ0v) is 9.74. The van der Waals surface area contributed by atoms with Gasteiger partial charge in [-0.2, -0.15) is 9.80 Å². The second-order valence-electron chi connectivity index (χ2n) is 3.59. The number of carbonyl (C=O) groups is 1. The van der Waals surface area contributed by atoms with Gasteiger partial charge in [0.1, 0.15) is 0 Å². The fourth-order valence-corrected chi connectivity index (χ4v) is 1.39. The lowest BCUT2D eigenvalue weighted by Crippen LogP contribution is -2.10. The quantitative estimate of drug-likeness (QED) is 0.788. The molecule has 1 heterocycles. The molecule has 1 aromatic heterocycles. The Kier molecular flexibility index (Phi) is 3.05. The number of benzene rings is 1. The summed E-state index contributed by atoms with van der Waals surface area (Å²) >= 11 is 0. The number of hydrogen-bond acceptors (Lipinski definition) is 6. The third kappa shape index (κ3) is 2.19. The molecule has 4 N–H and O–H groups in total. The number of nitrogen functional groups attached to an aromatic ring is 2. The number of anilines is 2. The Morgan fingerprint density at radius 2 is 1.89 bits per heavy atom. The van der Waals surface area contributed by atoms with Crippen molar-refractivity contribution in [3.63, 3.8) is 0 Å². The summed E-state index contributed by atoms with van der Waals surface area (Å²) in [4.78, 5) is 11.2. The molecule has 2 aromatic rings. The lowest BCUT2D eigenvalue weighted by Gasteiger charge is -1.95. The van der Waals surface area contributed by atoms with Gasteiger partial charge in [-0.15, -0.1) is 10.2 Å². The molecule has 0 radical (unpaired) electrons. The van der Waals surface area contributed by atoms with Crippen LogP contribution in [0.4, 0.5) is 23.0 Å². The number of azo groups is 1. The Hall–Kier alpha value is -2.70. The lowest BCUT2D eigenvalue weighted by molar-refractivity contribution is 0.0924. The van der Waals surface area contributed by atoms with Gasteiger partial charge >= 0.3 is 0 Å². The van der Waals surface area contributed by atoms with Gasteiger partial charge in [0.25, 0.3) is 0 Å². The molecule has 18 heavy (non-hydrogen) atoms. The molecule has 0 bridgehead atoms. The maximum atomic E-state index is 11.2. The minimum atomic E-state index is -0.333. The van der Waals surface area contributed by atoms with Crippen molar-refractivity contribution in [1.29, 1.82) is 0 Å². The molecule has 7 nitrogen and oxygen atoms in total. The zero-order valence-electron chi connectivity index (χ0n) is 9.74. The highest BCUT2D eigenvalue weighted by atomic mass is 16.2. The molecule has 92 valence electrons. The zero-order chi connectivity index (χ0) is 13.1. The summed E-state index contributed by atoms with van der Waals surface area (Å²) < 4.78 is 0.995. The molecule has 0 aliphatic heterocycles. The van der Waals surface area contributed by atoms with E-state index in [4.69, 9.17) is 11.5 Å². The molecular weight excluding hydrogens is 232 g/mol. The summed E-state index contributed by atoms with van der Waals surface area (Å²) in [6.07, 6.45) is 0. The van der Waals surface area contributed by atoms with E-state index >= 15 is 0 Å². The van der Waals surface area contributed by atoms with Crippen molar-refractivity contribution in [2.45, 2.75) is 6.92 Å². The second-order valence-corrected chi connectivity index (χ2v) is 3.59. The SMILES string of the molecule is CC(=O)n1nc(N)c(N=Nc2ccccc2)c1N. The van der Waals surface area contributed by atoms with Crippen molar-refractivity contribution in [2.24, 2.45) is 10.2 Å². The number of nitrogens with two attached hydrogens (primary N) is 2. The van der Waals surface area contributed by atoms with Gasteiger partial charge in [-0.25, -0.2) is 0 Å². The Morgan fingerprint density at radius 1 is 1.22 bits per heavy atom. The van der Waals surface area contributed by atoms with Crippen molar-refractivity contribution in [1.82, 2.24) is 9.78 Å². The molecule has 0 saturated heterocycles. The van der Waals surface area contributed by atoms with Crippen LogP contribution in [0.25, 0.3) is 0 Å². The number of aromatic nitrogens is 2. The maximum Gasteiger partial charge on any atom is 0.245 e. The first kappa shape index (κ1) is 11.8. The molecule has 0 spiro atoms. The van der Waals surface area contributed by atoms with Gasteiger partial charge in [0.15, 0.2) is 17.3 Å². The van der Waals surface area contributed by atoms with Crippen molar-refractivity contribution in [3.8, 4) is 0 Å². The van der Waals surface area contributed by atoms with E-state index in [0.717, 1.165) is 4.68 Å². The van der Waals surface area contributed by atoms with Crippen LogP contribution in [0.2, 0.25) is 0 Å². The number of nitrogens with zero attached hydrogens (tertiary/aromatic N) is 4. The minimum Gasteiger partial charge on any atom is -0.382 e. The standard InChI is InChI=1S/C11H12N6O/c1-7(18)17-11(13)9(10(12)16-17)15-14-8-5-3-2-4-6-8/h2-6H,13H2,1H3,(H2,12,16). The van der Waals surface area contributed by atoms with Crippen LogP contribution in [0, 0.1) is 0 Å². The van der Waals surface area contributed by atoms with Crippen LogP contribution in [0.1, 0.15) is 11.7 Å². The molecule has 7 heteroatoms. The van der Waals surface area contributed by atoms with E-state index in [1.54, 1.807) is 12.1 Å². The van der Waals surface area contributed by atoms with E-state index in [2.05, 4.69) is 15.3 Å². The first-order valence-corrected chi connectivity index (χ1v) is 5.21.